The maximum Gasteiger partial charge on any atom is 0.191 e. The minimum atomic E-state index is 0. The van der Waals surface area contributed by atoms with Crippen LogP contribution in [0.25, 0.3) is 0 Å². The summed E-state index contributed by atoms with van der Waals surface area (Å²) >= 11 is 0. The number of guanidine groups is 1. The summed E-state index contributed by atoms with van der Waals surface area (Å²) < 4.78 is 16.8. The predicted molar refractivity (Wildman–Crippen MR) is 129 cm³/mol. The summed E-state index contributed by atoms with van der Waals surface area (Å²) in [6.07, 6.45) is 1.08. The average Bonchev–Trinajstić information content (AvgIpc) is 2.70. The van der Waals surface area contributed by atoms with Crippen LogP contribution in [0.2, 0.25) is 0 Å². The van der Waals surface area contributed by atoms with E-state index in [1.165, 1.54) is 0 Å². The fourth-order valence-electron chi connectivity index (χ4n) is 3.16. The first-order valence-electron chi connectivity index (χ1n) is 10.2. The Morgan fingerprint density at radius 2 is 1.97 bits per heavy atom. The van der Waals surface area contributed by atoms with Crippen LogP contribution in [0.5, 0.6) is 11.5 Å². The number of aliphatic imine (C=N–C) groups is 1. The number of nitrogens with zero attached hydrogens (tertiary/aromatic N) is 2. The molecule has 0 radical (unpaired) electrons. The molecule has 1 aromatic carbocycles. The zero-order valence-electron chi connectivity index (χ0n) is 18.1. The molecule has 1 heterocycles. The topological polar surface area (TPSA) is 67.4 Å². The van der Waals surface area contributed by atoms with E-state index in [9.17, 15) is 0 Å². The highest BCUT2D eigenvalue weighted by atomic mass is 127. The highest BCUT2D eigenvalue weighted by molar-refractivity contribution is 14.0. The number of ether oxygens (including phenoxy) is 3. The summed E-state index contributed by atoms with van der Waals surface area (Å²) in [4.78, 5) is 6.76. The lowest BCUT2D eigenvalue weighted by Crippen LogP contribution is -2.50. The average molecular weight is 520 g/mol. The first-order valence-corrected chi connectivity index (χ1v) is 10.2. The minimum Gasteiger partial charge on any atom is -0.497 e. The molecule has 0 spiro atoms. The van der Waals surface area contributed by atoms with E-state index >= 15 is 0 Å². The Morgan fingerprint density at radius 1 is 1.24 bits per heavy atom. The highest BCUT2D eigenvalue weighted by Crippen LogP contribution is 2.16. The highest BCUT2D eigenvalue weighted by Gasteiger charge is 2.20. The molecular weight excluding hydrogens is 483 g/mol. The van der Waals surface area contributed by atoms with Crippen molar-refractivity contribution in [2.24, 2.45) is 10.9 Å². The lowest BCUT2D eigenvalue weighted by Gasteiger charge is -2.34. The van der Waals surface area contributed by atoms with E-state index in [1.807, 2.05) is 24.3 Å². The third-order valence-corrected chi connectivity index (χ3v) is 4.51. The number of hydrogen-bond donors (Lipinski definition) is 2. The van der Waals surface area contributed by atoms with Crippen molar-refractivity contribution in [1.82, 2.24) is 15.5 Å². The van der Waals surface area contributed by atoms with Gasteiger partial charge in [0.2, 0.25) is 0 Å². The van der Waals surface area contributed by atoms with Crippen molar-refractivity contribution < 1.29 is 14.2 Å². The molecule has 0 amide bonds. The number of morpholine rings is 1. The molecule has 7 nitrogen and oxygen atoms in total. The zero-order valence-corrected chi connectivity index (χ0v) is 20.5. The molecule has 166 valence electrons. The second-order valence-electron chi connectivity index (χ2n) is 7.40. The quantitative estimate of drug-likeness (QED) is 0.214. The second kappa shape index (κ2) is 14.7. The molecule has 0 bridgehead atoms. The molecule has 1 unspecified atom stereocenters. The zero-order chi connectivity index (χ0) is 20.2. The molecule has 2 rings (SSSR count). The van der Waals surface area contributed by atoms with Crippen molar-refractivity contribution in [3.63, 3.8) is 0 Å². The van der Waals surface area contributed by atoms with Crippen LogP contribution < -0.4 is 20.1 Å². The van der Waals surface area contributed by atoms with E-state index in [1.54, 1.807) is 14.2 Å². The van der Waals surface area contributed by atoms with Crippen LogP contribution in [0.1, 0.15) is 20.3 Å². The van der Waals surface area contributed by atoms with Gasteiger partial charge in [0.05, 0.1) is 26.4 Å². The van der Waals surface area contributed by atoms with Gasteiger partial charge in [-0.05, 0) is 36.6 Å². The molecule has 0 saturated carbocycles. The number of benzene rings is 1. The number of methoxy groups -OCH3 is 1. The summed E-state index contributed by atoms with van der Waals surface area (Å²) in [6, 6.07) is 7.63. The van der Waals surface area contributed by atoms with Gasteiger partial charge in [0.25, 0.3) is 0 Å². The van der Waals surface area contributed by atoms with Gasteiger partial charge in [-0.1, -0.05) is 13.8 Å². The fraction of sp³-hybridized carbons (Fsp3) is 0.667. The van der Waals surface area contributed by atoms with Crippen molar-refractivity contribution >= 4 is 29.9 Å². The minimum absolute atomic E-state index is 0. The second-order valence-corrected chi connectivity index (χ2v) is 7.40. The molecule has 2 N–H and O–H groups in total. The Labute approximate surface area is 192 Å². The Bertz CT molecular complexity index is 584. The standard InChI is InChI=1S/C21H36N4O3.HI/c1-17(2)15-25-11-13-28-20(16-25)14-24-21(22-3)23-10-5-12-27-19-8-6-18(26-4)7-9-19;/h6-9,17,20H,5,10-16H2,1-4H3,(H2,22,23,24);1H. The smallest absolute Gasteiger partial charge is 0.191 e. The summed E-state index contributed by atoms with van der Waals surface area (Å²) in [5.74, 6) is 3.16. The van der Waals surface area contributed by atoms with Crippen LogP contribution in [0, 0.1) is 5.92 Å². The van der Waals surface area contributed by atoms with Crippen LogP contribution in [0.15, 0.2) is 29.3 Å². The van der Waals surface area contributed by atoms with E-state index in [0.29, 0.717) is 12.5 Å². The predicted octanol–water partition coefficient (Wildman–Crippen LogP) is 2.60. The monoisotopic (exact) mass is 520 g/mol. The molecule has 1 atom stereocenters. The van der Waals surface area contributed by atoms with Crippen LogP contribution in [-0.2, 0) is 4.74 Å². The van der Waals surface area contributed by atoms with Gasteiger partial charge < -0.3 is 24.8 Å². The maximum atomic E-state index is 5.88. The largest absolute Gasteiger partial charge is 0.497 e. The van der Waals surface area contributed by atoms with Crippen molar-refractivity contribution in [2.45, 2.75) is 26.4 Å². The fourth-order valence-corrected chi connectivity index (χ4v) is 3.16. The molecular formula is C21H37IN4O3. The summed E-state index contributed by atoms with van der Waals surface area (Å²) in [7, 11) is 3.44. The number of rotatable bonds is 10. The van der Waals surface area contributed by atoms with Crippen molar-refractivity contribution in [1.29, 1.82) is 0 Å². The lowest BCUT2D eigenvalue weighted by molar-refractivity contribution is -0.0284. The van der Waals surface area contributed by atoms with Gasteiger partial charge in [0.1, 0.15) is 11.5 Å². The van der Waals surface area contributed by atoms with Crippen LogP contribution in [-0.4, -0.2) is 77.1 Å². The molecule has 1 fully saturated rings. The third-order valence-electron chi connectivity index (χ3n) is 4.51. The normalized spacial score (nSPS) is 17.6. The SMILES string of the molecule is CN=C(NCCCOc1ccc(OC)cc1)NCC1CN(CC(C)C)CCO1.I. The summed E-state index contributed by atoms with van der Waals surface area (Å²) in [5, 5.41) is 6.69. The molecule has 8 heteroatoms. The van der Waals surface area contributed by atoms with Gasteiger partial charge in [-0.3, -0.25) is 9.89 Å². The van der Waals surface area contributed by atoms with Crippen LogP contribution in [0.4, 0.5) is 0 Å². The molecule has 29 heavy (non-hydrogen) atoms. The van der Waals surface area contributed by atoms with E-state index in [-0.39, 0.29) is 30.1 Å². The van der Waals surface area contributed by atoms with Gasteiger partial charge in [-0.25, -0.2) is 0 Å². The number of hydrogen-bond acceptors (Lipinski definition) is 5. The number of nitrogens with one attached hydrogen (secondary N) is 2. The van der Waals surface area contributed by atoms with E-state index in [2.05, 4.69) is 34.4 Å². The molecule has 1 saturated heterocycles. The van der Waals surface area contributed by atoms with E-state index in [4.69, 9.17) is 14.2 Å². The lowest BCUT2D eigenvalue weighted by atomic mass is 10.2. The molecule has 1 aliphatic heterocycles. The molecule has 1 aliphatic rings. The Kier molecular flexibility index (Phi) is 13.0. The molecule has 0 aromatic heterocycles. The van der Waals surface area contributed by atoms with Gasteiger partial charge in [0, 0.05) is 39.8 Å². The van der Waals surface area contributed by atoms with Crippen LogP contribution >= 0.6 is 24.0 Å². The van der Waals surface area contributed by atoms with E-state index in [0.717, 1.165) is 63.2 Å². The van der Waals surface area contributed by atoms with Gasteiger partial charge in [-0.15, -0.1) is 24.0 Å². The van der Waals surface area contributed by atoms with Crippen molar-refractivity contribution in [3.05, 3.63) is 24.3 Å². The maximum absolute atomic E-state index is 5.88. The van der Waals surface area contributed by atoms with Crippen molar-refractivity contribution in [3.8, 4) is 11.5 Å². The number of halogens is 1. The molecule has 1 aromatic rings. The Balaban J connectivity index is 0.00000420. The molecule has 0 aliphatic carbocycles. The van der Waals surface area contributed by atoms with Crippen LogP contribution in [0.3, 0.4) is 0 Å². The first kappa shape index (κ1) is 25.8. The van der Waals surface area contributed by atoms with Gasteiger partial charge in [0.15, 0.2) is 5.96 Å². The van der Waals surface area contributed by atoms with Gasteiger partial charge in [-0.2, -0.15) is 0 Å². The summed E-state index contributed by atoms with van der Waals surface area (Å²) in [6.45, 7) is 10.6. The first-order chi connectivity index (χ1) is 13.6. The van der Waals surface area contributed by atoms with E-state index < -0.39 is 0 Å². The summed E-state index contributed by atoms with van der Waals surface area (Å²) in [5.41, 5.74) is 0. The van der Waals surface area contributed by atoms with Gasteiger partial charge >= 0.3 is 0 Å². The Morgan fingerprint density at radius 3 is 2.62 bits per heavy atom. The third kappa shape index (κ3) is 10.4. The Hall–Kier alpha value is -1.26. The van der Waals surface area contributed by atoms with Crippen molar-refractivity contribution in [2.75, 3.05) is 60.1 Å².